The molecule has 0 spiro atoms. The third kappa shape index (κ3) is 3.32. The van der Waals surface area contributed by atoms with Crippen LogP contribution in [0.15, 0.2) is 41.3 Å². The van der Waals surface area contributed by atoms with E-state index < -0.39 is 9.05 Å². The highest BCUT2D eigenvalue weighted by molar-refractivity contribution is 8.13. The van der Waals surface area contributed by atoms with Crippen LogP contribution in [0.5, 0.6) is 11.5 Å². The Bertz CT molecular complexity index is 752. The maximum atomic E-state index is 11.3. The molecule has 0 aliphatic carbocycles. The van der Waals surface area contributed by atoms with E-state index in [9.17, 15) is 8.42 Å². The van der Waals surface area contributed by atoms with E-state index in [2.05, 4.69) is 0 Å². The molecule has 20 heavy (non-hydrogen) atoms. The summed E-state index contributed by atoms with van der Waals surface area (Å²) in [6.07, 6.45) is 0. The van der Waals surface area contributed by atoms with Crippen LogP contribution in [0.3, 0.4) is 0 Å². The zero-order valence-electron chi connectivity index (χ0n) is 11.5. The van der Waals surface area contributed by atoms with E-state index in [-0.39, 0.29) is 4.90 Å². The highest BCUT2D eigenvalue weighted by atomic mass is 35.7. The van der Waals surface area contributed by atoms with E-state index >= 15 is 0 Å². The van der Waals surface area contributed by atoms with Crippen molar-refractivity contribution in [2.75, 3.05) is 0 Å². The zero-order chi connectivity index (χ0) is 14.9. The molecule has 0 fully saturated rings. The molecule has 0 amide bonds. The monoisotopic (exact) mass is 310 g/mol. The van der Waals surface area contributed by atoms with Gasteiger partial charge in [0.1, 0.15) is 11.5 Å². The van der Waals surface area contributed by atoms with Crippen molar-refractivity contribution in [3.8, 4) is 11.5 Å². The number of hydrogen-bond acceptors (Lipinski definition) is 3. The van der Waals surface area contributed by atoms with Crippen molar-refractivity contribution >= 4 is 19.7 Å². The van der Waals surface area contributed by atoms with Crippen LogP contribution in [0, 0.1) is 20.8 Å². The predicted molar refractivity (Wildman–Crippen MR) is 80.2 cm³/mol. The second-order valence-corrected chi connectivity index (χ2v) is 7.25. The molecule has 0 aliphatic heterocycles. The summed E-state index contributed by atoms with van der Waals surface area (Å²) in [4.78, 5) is 0.103. The van der Waals surface area contributed by atoms with Crippen LogP contribution in [0.4, 0.5) is 0 Å². The summed E-state index contributed by atoms with van der Waals surface area (Å²) in [7, 11) is 1.63. The number of halogens is 1. The third-order valence-electron chi connectivity index (χ3n) is 3.12. The van der Waals surface area contributed by atoms with Gasteiger partial charge in [0.2, 0.25) is 0 Å². The van der Waals surface area contributed by atoms with E-state index in [0.717, 1.165) is 5.56 Å². The van der Waals surface area contributed by atoms with Gasteiger partial charge in [-0.05, 0) is 67.8 Å². The van der Waals surface area contributed by atoms with Crippen LogP contribution in [0.1, 0.15) is 16.7 Å². The van der Waals surface area contributed by atoms with E-state index in [4.69, 9.17) is 15.4 Å². The van der Waals surface area contributed by atoms with Crippen LogP contribution in [0.2, 0.25) is 0 Å². The van der Waals surface area contributed by atoms with Crippen LogP contribution in [-0.2, 0) is 9.05 Å². The van der Waals surface area contributed by atoms with Gasteiger partial charge in [-0.2, -0.15) is 0 Å². The van der Waals surface area contributed by atoms with Crippen molar-refractivity contribution in [3.63, 3.8) is 0 Å². The third-order valence-corrected chi connectivity index (χ3v) is 4.61. The maximum Gasteiger partial charge on any atom is 0.261 e. The number of hydrogen-bond donors (Lipinski definition) is 0. The molecule has 0 saturated carbocycles. The molecule has 5 heteroatoms. The molecule has 0 N–H and O–H groups in total. The Kier molecular flexibility index (Phi) is 4.06. The van der Waals surface area contributed by atoms with Gasteiger partial charge in [-0.1, -0.05) is 6.07 Å². The Morgan fingerprint density at radius 1 is 0.850 bits per heavy atom. The lowest BCUT2D eigenvalue weighted by molar-refractivity contribution is 0.481. The first-order valence-electron chi connectivity index (χ1n) is 6.08. The van der Waals surface area contributed by atoms with E-state index in [1.165, 1.54) is 11.6 Å². The first-order valence-corrected chi connectivity index (χ1v) is 8.39. The summed E-state index contributed by atoms with van der Waals surface area (Å²) in [5.41, 5.74) is 2.89. The number of aryl methyl sites for hydroxylation is 3. The average Bonchev–Trinajstić information content (AvgIpc) is 2.32. The molecular weight excluding hydrogens is 296 g/mol. The fourth-order valence-corrected chi connectivity index (χ4v) is 3.07. The summed E-state index contributed by atoms with van der Waals surface area (Å²) in [6.45, 7) is 5.72. The van der Waals surface area contributed by atoms with E-state index in [0.29, 0.717) is 17.1 Å². The van der Waals surface area contributed by atoms with Gasteiger partial charge in [-0.25, -0.2) is 8.42 Å². The average molecular weight is 311 g/mol. The Morgan fingerprint density at radius 2 is 1.40 bits per heavy atom. The smallest absolute Gasteiger partial charge is 0.261 e. The van der Waals surface area contributed by atoms with Crippen LogP contribution in [-0.4, -0.2) is 8.42 Å². The van der Waals surface area contributed by atoms with Crippen molar-refractivity contribution in [1.29, 1.82) is 0 Å². The minimum atomic E-state index is -3.72. The molecule has 0 aromatic heterocycles. The van der Waals surface area contributed by atoms with Gasteiger partial charge in [0.15, 0.2) is 0 Å². The predicted octanol–water partition coefficient (Wildman–Crippen LogP) is 4.33. The molecule has 3 nitrogen and oxygen atoms in total. The lowest BCUT2D eigenvalue weighted by Gasteiger charge is -2.10. The Hall–Kier alpha value is -1.52. The SMILES string of the molecule is Cc1ccc(Oc2ccc(S(=O)(=O)Cl)c(C)c2)cc1C. The minimum Gasteiger partial charge on any atom is -0.457 e. The van der Waals surface area contributed by atoms with Gasteiger partial charge in [0.25, 0.3) is 9.05 Å². The number of benzene rings is 2. The quantitative estimate of drug-likeness (QED) is 0.792. The lowest BCUT2D eigenvalue weighted by atomic mass is 10.1. The topological polar surface area (TPSA) is 43.4 Å². The summed E-state index contributed by atoms with van der Waals surface area (Å²) < 4.78 is 28.4. The van der Waals surface area contributed by atoms with Crippen LogP contribution in [0.25, 0.3) is 0 Å². The molecule has 0 saturated heterocycles. The fourth-order valence-electron chi connectivity index (χ4n) is 1.87. The van der Waals surface area contributed by atoms with E-state index in [1.807, 2.05) is 32.0 Å². The van der Waals surface area contributed by atoms with Gasteiger partial charge in [0.05, 0.1) is 4.90 Å². The van der Waals surface area contributed by atoms with Gasteiger partial charge in [-0.15, -0.1) is 0 Å². The van der Waals surface area contributed by atoms with Gasteiger partial charge >= 0.3 is 0 Å². The largest absolute Gasteiger partial charge is 0.457 e. The Labute approximate surface area is 123 Å². The van der Waals surface area contributed by atoms with Gasteiger partial charge in [-0.3, -0.25) is 0 Å². The van der Waals surface area contributed by atoms with E-state index in [1.54, 1.807) is 19.1 Å². The second kappa shape index (κ2) is 5.46. The molecule has 0 heterocycles. The second-order valence-electron chi connectivity index (χ2n) is 4.71. The minimum absolute atomic E-state index is 0.103. The van der Waals surface area contributed by atoms with Crippen LogP contribution >= 0.6 is 10.7 Å². The molecule has 2 aromatic carbocycles. The molecule has 0 radical (unpaired) electrons. The molecule has 0 atom stereocenters. The molecule has 0 aliphatic rings. The maximum absolute atomic E-state index is 11.3. The summed E-state index contributed by atoms with van der Waals surface area (Å²) in [5.74, 6) is 1.30. The van der Waals surface area contributed by atoms with Gasteiger partial charge < -0.3 is 4.74 Å². The molecule has 2 rings (SSSR count). The van der Waals surface area contributed by atoms with Crippen molar-refractivity contribution in [2.24, 2.45) is 0 Å². The highest BCUT2D eigenvalue weighted by Crippen LogP contribution is 2.28. The van der Waals surface area contributed by atoms with Crippen LogP contribution < -0.4 is 4.74 Å². The van der Waals surface area contributed by atoms with Gasteiger partial charge in [0, 0.05) is 10.7 Å². The first-order chi connectivity index (χ1) is 9.27. The lowest BCUT2D eigenvalue weighted by Crippen LogP contribution is -1.95. The zero-order valence-corrected chi connectivity index (χ0v) is 13.0. The molecule has 0 unspecified atom stereocenters. The molecule has 0 bridgehead atoms. The summed E-state index contributed by atoms with van der Waals surface area (Å²) >= 11 is 0. The number of ether oxygens (including phenoxy) is 1. The molecular formula is C15H15ClO3S. The molecule has 2 aromatic rings. The summed E-state index contributed by atoms with van der Waals surface area (Å²) in [5, 5.41) is 0. The normalized spacial score (nSPS) is 11.4. The first kappa shape index (κ1) is 14.9. The van der Waals surface area contributed by atoms with Crippen molar-refractivity contribution in [3.05, 3.63) is 53.1 Å². The van der Waals surface area contributed by atoms with Crippen molar-refractivity contribution in [2.45, 2.75) is 25.7 Å². The van der Waals surface area contributed by atoms with Crippen molar-refractivity contribution in [1.82, 2.24) is 0 Å². The summed E-state index contributed by atoms with van der Waals surface area (Å²) in [6, 6.07) is 10.5. The van der Waals surface area contributed by atoms with Crippen molar-refractivity contribution < 1.29 is 13.2 Å². The Balaban J connectivity index is 2.31. The fraction of sp³-hybridized carbons (Fsp3) is 0.200. The highest BCUT2D eigenvalue weighted by Gasteiger charge is 2.13. The Morgan fingerprint density at radius 3 is 1.90 bits per heavy atom. The molecule has 106 valence electrons. The number of rotatable bonds is 3. The standard InChI is InChI=1S/C15H15ClO3S/c1-10-4-5-13(8-11(10)2)19-14-6-7-15(12(3)9-14)20(16,17)18/h4-9H,1-3H3.